The maximum atomic E-state index is 12.5. The highest BCUT2D eigenvalue weighted by atomic mass is 32.2. The van der Waals surface area contributed by atoms with Gasteiger partial charge in [0.25, 0.3) is 5.91 Å². The fourth-order valence-corrected chi connectivity index (χ4v) is 4.05. The lowest BCUT2D eigenvalue weighted by Gasteiger charge is -2.13. The quantitative estimate of drug-likeness (QED) is 0.497. The van der Waals surface area contributed by atoms with Crippen LogP contribution in [0.3, 0.4) is 0 Å². The summed E-state index contributed by atoms with van der Waals surface area (Å²) < 4.78 is 1.91. The van der Waals surface area contributed by atoms with Gasteiger partial charge in [-0.3, -0.25) is 9.59 Å². The Morgan fingerprint density at radius 1 is 1.03 bits per heavy atom. The van der Waals surface area contributed by atoms with Crippen molar-refractivity contribution in [2.24, 2.45) is 0 Å². The van der Waals surface area contributed by atoms with E-state index < -0.39 is 0 Å². The minimum Gasteiger partial charge on any atom is -0.345 e. The number of nitrogens with zero attached hydrogens (tertiary/aromatic N) is 3. The molecule has 0 saturated carbocycles. The number of benzene rings is 2. The van der Waals surface area contributed by atoms with Gasteiger partial charge in [0, 0.05) is 17.8 Å². The molecule has 1 heterocycles. The van der Waals surface area contributed by atoms with Gasteiger partial charge < -0.3 is 15.2 Å². The molecule has 0 aliphatic rings. The Balaban J connectivity index is 1.59. The molecule has 2 amide bonds. The number of nitrogens with one attached hydrogen (secondary N) is 2. The normalized spacial score (nSPS) is 10.7. The third-order valence-corrected chi connectivity index (χ3v) is 5.86. The van der Waals surface area contributed by atoms with Crippen molar-refractivity contribution in [2.45, 2.75) is 45.4 Å². The molecule has 31 heavy (non-hydrogen) atoms. The summed E-state index contributed by atoms with van der Waals surface area (Å²) in [6.07, 6.45) is 0.854. The van der Waals surface area contributed by atoms with Gasteiger partial charge in [-0.25, -0.2) is 0 Å². The molecule has 2 aromatic carbocycles. The molecule has 3 rings (SSSR count). The van der Waals surface area contributed by atoms with Crippen molar-refractivity contribution in [3.8, 4) is 0 Å². The molecule has 0 spiro atoms. The first-order chi connectivity index (χ1) is 15.0. The van der Waals surface area contributed by atoms with Gasteiger partial charge in [-0.15, -0.1) is 10.2 Å². The maximum absolute atomic E-state index is 12.5. The first-order valence-corrected chi connectivity index (χ1v) is 11.3. The highest BCUT2D eigenvalue weighted by Crippen LogP contribution is 2.22. The summed E-state index contributed by atoms with van der Waals surface area (Å²) in [6, 6.07) is 15.1. The number of carbonyl (C=O) groups excluding carboxylic acids is 2. The van der Waals surface area contributed by atoms with Crippen molar-refractivity contribution in [1.82, 2.24) is 20.1 Å². The van der Waals surface area contributed by atoms with Crippen molar-refractivity contribution in [3.63, 3.8) is 0 Å². The number of anilines is 1. The second kappa shape index (κ2) is 10.8. The van der Waals surface area contributed by atoms with E-state index >= 15 is 0 Å². The molecule has 1 aromatic heterocycles. The van der Waals surface area contributed by atoms with Crippen molar-refractivity contribution < 1.29 is 9.59 Å². The average molecular weight is 438 g/mol. The SMILES string of the molecule is CCc1cccc(C)c1NC(=O)CSc1nnc(CNC(=O)c2ccccc2)n1CC. The Morgan fingerprint density at radius 2 is 1.81 bits per heavy atom. The van der Waals surface area contributed by atoms with Crippen LogP contribution in [0, 0.1) is 6.92 Å². The van der Waals surface area contributed by atoms with Crippen LogP contribution in [0.4, 0.5) is 5.69 Å². The molecule has 162 valence electrons. The van der Waals surface area contributed by atoms with Crippen LogP contribution in [0.1, 0.15) is 41.2 Å². The zero-order chi connectivity index (χ0) is 22.2. The van der Waals surface area contributed by atoms with Crippen LogP contribution < -0.4 is 10.6 Å². The zero-order valence-electron chi connectivity index (χ0n) is 18.0. The highest BCUT2D eigenvalue weighted by Gasteiger charge is 2.15. The number of para-hydroxylation sites is 1. The molecule has 0 aliphatic heterocycles. The van der Waals surface area contributed by atoms with Gasteiger partial charge in [-0.05, 0) is 43.5 Å². The van der Waals surface area contributed by atoms with Crippen molar-refractivity contribution >= 4 is 29.3 Å². The van der Waals surface area contributed by atoms with Gasteiger partial charge in [0.2, 0.25) is 5.91 Å². The van der Waals surface area contributed by atoms with E-state index in [-0.39, 0.29) is 24.1 Å². The zero-order valence-corrected chi connectivity index (χ0v) is 18.8. The van der Waals surface area contributed by atoms with E-state index in [1.807, 2.05) is 54.8 Å². The molecule has 0 radical (unpaired) electrons. The Hall–Kier alpha value is -3.13. The Bertz CT molecular complexity index is 1050. The van der Waals surface area contributed by atoms with Crippen LogP contribution in [0.2, 0.25) is 0 Å². The predicted molar refractivity (Wildman–Crippen MR) is 123 cm³/mol. The van der Waals surface area contributed by atoms with Gasteiger partial charge >= 0.3 is 0 Å². The van der Waals surface area contributed by atoms with Gasteiger partial charge in [0.05, 0.1) is 12.3 Å². The third kappa shape index (κ3) is 5.73. The molecule has 0 atom stereocenters. The van der Waals surface area contributed by atoms with E-state index in [4.69, 9.17) is 0 Å². The summed E-state index contributed by atoms with van der Waals surface area (Å²) in [7, 11) is 0. The number of hydrogen-bond donors (Lipinski definition) is 2. The maximum Gasteiger partial charge on any atom is 0.251 e. The molecule has 3 aromatic rings. The molecule has 0 unspecified atom stereocenters. The molecule has 0 aliphatic carbocycles. The first-order valence-electron chi connectivity index (χ1n) is 10.3. The first kappa shape index (κ1) is 22.6. The monoisotopic (exact) mass is 437 g/mol. The number of amides is 2. The van der Waals surface area contributed by atoms with Crippen LogP contribution in [-0.2, 0) is 24.3 Å². The van der Waals surface area contributed by atoms with Crippen LogP contribution in [0.25, 0.3) is 0 Å². The third-order valence-electron chi connectivity index (χ3n) is 4.89. The molecule has 0 saturated heterocycles. The van der Waals surface area contributed by atoms with E-state index in [9.17, 15) is 9.59 Å². The van der Waals surface area contributed by atoms with Gasteiger partial charge in [0.15, 0.2) is 11.0 Å². The van der Waals surface area contributed by atoms with Gasteiger partial charge in [-0.1, -0.05) is 55.1 Å². The van der Waals surface area contributed by atoms with Crippen molar-refractivity contribution in [1.29, 1.82) is 0 Å². The minimum absolute atomic E-state index is 0.0846. The average Bonchev–Trinajstić information content (AvgIpc) is 3.19. The lowest BCUT2D eigenvalue weighted by molar-refractivity contribution is -0.113. The number of aromatic nitrogens is 3. The van der Waals surface area contributed by atoms with Gasteiger partial charge in [-0.2, -0.15) is 0 Å². The molecule has 2 N–H and O–H groups in total. The van der Waals surface area contributed by atoms with Gasteiger partial charge in [0.1, 0.15) is 0 Å². The summed E-state index contributed by atoms with van der Waals surface area (Å²) in [5.41, 5.74) is 3.65. The van der Waals surface area contributed by atoms with Crippen LogP contribution in [0.5, 0.6) is 0 Å². The van der Waals surface area contributed by atoms with E-state index in [0.29, 0.717) is 23.1 Å². The van der Waals surface area contributed by atoms with Crippen molar-refractivity contribution in [2.75, 3.05) is 11.1 Å². The predicted octanol–water partition coefficient (Wildman–Crippen LogP) is 3.83. The summed E-state index contributed by atoms with van der Waals surface area (Å²) in [4.78, 5) is 24.8. The summed E-state index contributed by atoms with van der Waals surface area (Å²) in [5.74, 6) is 0.636. The van der Waals surface area contributed by atoms with E-state index in [0.717, 1.165) is 23.2 Å². The molecule has 0 bridgehead atoms. The molecule has 8 heteroatoms. The second-order valence-corrected chi connectivity index (χ2v) is 7.93. The molecule has 7 nitrogen and oxygen atoms in total. The molecule has 0 fully saturated rings. The summed E-state index contributed by atoms with van der Waals surface area (Å²) in [5, 5.41) is 15.0. The lowest BCUT2D eigenvalue weighted by atomic mass is 10.1. The van der Waals surface area contributed by atoms with Crippen LogP contribution in [-0.4, -0.2) is 32.3 Å². The fourth-order valence-electron chi connectivity index (χ4n) is 3.23. The highest BCUT2D eigenvalue weighted by molar-refractivity contribution is 7.99. The van der Waals surface area contributed by atoms with Crippen LogP contribution in [0.15, 0.2) is 53.7 Å². The van der Waals surface area contributed by atoms with E-state index in [1.165, 1.54) is 11.8 Å². The molecular weight excluding hydrogens is 410 g/mol. The standard InChI is InChI=1S/C23H27N5O2S/c1-4-17-13-9-10-16(3)21(17)25-20(29)15-31-23-27-26-19(28(23)5-2)14-24-22(30)18-11-7-6-8-12-18/h6-13H,4-5,14-15H2,1-3H3,(H,24,30)(H,25,29). The number of rotatable bonds is 9. The minimum atomic E-state index is -0.162. The summed E-state index contributed by atoms with van der Waals surface area (Å²) >= 11 is 1.33. The number of carbonyl (C=O) groups is 2. The van der Waals surface area contributed by atoms with E-state index in [2.05, 4.69) is 27.8 Å². The number of hydrogen-bond acceptors (Lipinski definition) is 5. The number of thioether (sulfide) groups is 1. The van der Waals surface area contributed by atoms with Crippen LogP contribution >= 0.6 is 11.8 Å². The fraction of sp³-hybridized carbons (Fsp3) is 0.304. The molecular formula is C23H27N5O2S. The topological polar surface area (TPSA) is 88.9 Å². The summed E-state index contributed by atoms with van der Waals surface area (Å²) in [6.45, 7) is 6.96. The largest absolute Gasteiger partial charge is 0.345 e. The second-order valence-electron chi connectivity index (χ2n) is 6.99. The van der Waals surface area contributed by atoms with E-state index in [1.54, 1.807) is 12.1 Å². The Morgan fingerprint density at radius 3 is 2.52 bits per heavy atom. The Kier molecular flexibility index (Phi) is 7.83. The number of aryl methyl sites for hydroxylation is 2. The smallest absolute Gasteiger partial charge is 0.251 e. The van der Waals surface area contributed by atoms with Crippen molar-refractivity contribution in [3.05, 3.63) is 71.0 Å². The lowest BCUT2D eigenvalue weighted by Crippen LogP contribution is -2.24. The Labute approximate surface area is 186 Å².